The van der Waals surface area contributed by atoms with Gasteiger partial charge >= 0.3 is 0 Å². The quantitative estimate of drug-likeness (QED) is 0.197. The van der Waals surface area contributed by atoms with Gasteiger partial charge in [-0.25, -0.2) is 13.9 Å². The van der Waals surface area contributed by atoms with Gasteiger partial charge < -0.3 is 0 Å². The van der Waals surface area contributed by atoms with Crippen LogP contribution in [-0.4, -0.2) is 26.1 Å². The molecule has 2 N–H and O–H groups in total. The van der Waals surface area contributed by atoms with Crippen molar-refractivity contribution in [2.45, 2.75) is 49.7 Å². The number of hydrogen-bond acceptors (Lipinski definition) is 5. The summed E-state index contributed by atoms with van der Waals surface area (Å²) < 4.78 is 28.4. The second-order valence-electron chi connectivity index (χ2n) is 7.81. The number of hydroxylamine groups is 1. The van der Waals surface area contributed by atoms with Crippen molar-refractivity contribution in [1.29, 1.82) is 0 Å². The van der Waals surface area contributed by atoms with Crippen molar-refractivity contribution in [2.24, 2.45) is 0 Å². The van der Waals surface area contributed by atoms with Gasteiger partial charge in [-0.1, -0.05) is 62.2 Å². The molecule has 0 aliphatic rings. The Hall–Kier alpha value is -2.68. The Morgan fingerprint density at radius 1 is 0.939 bits per heavy atom. The number of carbonyl (C=O) groups is 1. The van der Waals surface area contributed by atoms with Gasteiger partial charge in [0.2, 0.25) is 5.91 Å². The highest BCUT2D eigenvalue weighted by molar-refractivity contribution is 7.94. The highest BCUT2D eigenvalue weighted by atomic mass is 32.2. The first kappa shape index (κ1) is 25.0. The molecule has 1 amide bonds. The summed E-state index contributed by atoms with van der Waals surface area (Å²) in [6.07, 6.45) is 4.14. The highest BCUT2D eigenvalue weighted by Crippen LogP contribution is 2.29. The fraction of sp³-hybridized carbons (Fsp3) is 0.320. The maximum Gasteiger partial charge on any atom is 0.273 e. The number of anilines is 1. The van der Waals surface area contributed by atoms with Crippen molar-refractivity contribution >= 4 is 33.0 Å². The van der Waals surface area contributed by atoms with E-state index in [0.717, 1.165) is 30.4 Å². The zero-order valence-electron chi connectivity index (χ0n) is 18.7. The maximum absolute atomic E-state index is 13.3. The Kier molecular flexibility index (Phi) is 9.05. The van der Waals surface area contributed by atoms with E-state index < -0.39 is 15.9 Å². The number of rotatable bonds is 12. The first-order valence-corrected chi connectivity index (χ1v) is 13.5. The largest absolute Gasteiger partial charge is 0.289 e. The minimum absolute atomic E-state index is 0.258. The van der Waals surface area contributed by atoms with E-state index in [-0.39, 0.29) is 6.42 Å². The number of hydrogen-bond donors (Lipinski definition) is 2. The third kappa shape index (κ3) is 6.66. The van der Waals surface area contributed by atoms with E-state index >= 15 is 0 Å². The summed E-state index contributed by atoms with van der Waals surface area (Å²) in [5.41, 5.74) is 5.68. The van der Waals surface area contributed by atoms with Crippen LogP contribution in [0.25, 0.3) is 11.1 Å². The van der Waals surface area contributed by atoms with Crippen LogP contribution in [0.1, 0.15) is 44.6 Å². The highest BCUT2D eigenvalue weighted by Gasteiger charge is 2.25. The lowest BCUT2D eigenvalue weighted by molar-refractivity contribution is -0.129. The Morgan fingerprint density at radius 2 is 1.58 bits per heavy atom. The van der Waals surface area contributed by atoms with E-state index in [1.165, 1.54) is 21.2 Å². The van der Waals surface area contributed by atoms with E-state index in [2.05, 4.69) is 31.2 Å². The van der Waals surface area contributed by atoms with Crippen molar-refractivity contribution in [3.63, 3.8) is 0 Å². The summed E-state index contributed by atoms with van der Waals surface area (Å²) in [4.78, 5) is 11.1. The molecule has 1 aromatic heterocycles. The van der Waals surface area contributed by atoms with Crippen molar-refractivity contribution < 1.29 is 18.4 Å². The predicted molar refractivity (Wildman–Crippen MR) is 133 cm³/mol. The van der Waals surface area contributed by atoms with Crippen LogP contribution in [0.2, 0.25) is 0 Å². The number of benzene rings is 2. The molecule has 1 heterocycles. The Labute approximate surface area is 199 Å². The van der Waals surface area contributed by atoms with Gasteiger partial charge in [0.15, 0.2) is 0 Å². The van der Waals surface area contributed by atoms with Gasteiger partial charge in [-0.2, -0.15) is 0 Å². The molecule has 0 atom stereocenters. The van der Waals surface area contributed by atoms with E-state index in [1.807, 2.05) is 24.3 Å². The lowest BCUT2D eigenvalue weighted by atomic mass is 10.0. The normalized spacial score (nSPS) is 11.3. The van der Waals surface area contributed by atoms with Crippen LogP contribution < -0.4 is 9.79 Å². The Morgan fingerprint density at radius 3 is 2.15 bits per heavy atom. The molecule has 3 aromatic rings. The minimum atomic E-state index is -3.65. The van der Waals surface area contributed by atoms with E-state index in [0.29, 0.717) is 29.3 Å². The summed E-state index contributed by atoms with van der Waals surface area (Å²) in [5.74, 6) is -0.402. The fourth-order valence-electron chi connectivity index (χ4n) is 3.61. The molecular formula is C25H30N2O4S2. The van der Waals surface area contributed by atoms with E-state index in [4.69, 9.17) is 5.21 Å². The lowest BCUT2D eigenvalue weighted by Crippen LogP contribution is -2.31. The second-order valence-corrected chi connectivity index (χ2v) is 10.8. The van der Waals surface area contributed by atoms with Crippen molar-refractivity contribution in [3.05, 3.63) is 71.6 Å². The number of nitrogens with one attached hydrogen (secondary N) is 1. The number of nitrogens with zero attached hydrogens (tertiary/aromatic N) is 1. The number of unbranched alkanes of at least 4 members (excludes halogenated alkanes) is 3. The monoisotopic (exact) mass is 486 g/mol. The van der Waals surface area contributed by atoms with Crippen LogP contribution >= 0.6 is 11.3 Å². The third-order valence-electron chi connectivity index (χ3n) is 5.53. The van der Waals surface area contributed by atoms with Gasteiger partial charge in [0.1, 0.15) is 4.21 Å². The number of amides is 1. The number of sulfonamides is 1. The smallest absolute Gasteiger partial charge is 0.273 e. The number of thiophene rings is 1. The van der Waals surface area contributed by atoms with Gasteiger partial charge in [-0.15, -0.1) is 11.3 Å². The molecule has 33 heavy (non-hydrogen) atoms. The number of carbonyl (C=O) groups excluding carboxylic acids is 1. The van der Waals surface area contributed by atoms with Gasteiger partial charge in [-0.05, 0) is 59.5 Å². The molecule has 0 aliphatic heterocycles. The van der Waals surface area contributed by atoms with Crippen LogP contribution in [0.15, 0.2) is 70.3 Å². The molecule has 176 valence electrons. The van der Waals surface area contributed by atoms with Crippen LogP contribution in [-0.2, 0) is 21.2 Å². The Balaban J connectivity index is 1.73. The SMILES string of the molecule is CCc1ccc(-c2ccc(N(CCCCCCC(=O)NO)S(=O)(=O)c3cccs3)cc2)cc1. The molecule has 0 fully saturated rings. The fourth-order valence-corrected chi connectivity index (χ4v) is 6.22. The van der Waals surface area contributed by atoms with Crippen molar-refractivity contribution in [2.75, 3.05) is 10.8 Å². The summed E-state index contributed by atoms with van der Waals surface area (Å²) >= 11 is 1.21. The molecule has 8 heteroatoms. The second kappa shape index (κ2) is 12.0. The molecule has 0 aliphatic carbocycles. The zero-order chi connectivity index (χ0) is 23.7. The van der Waals surface area contributed by atoms with Gasteiger partial charge in [0.25, 0.3) is 10.0 Å². The average Bonchev–Trinajstić information content (AvgIpc) is 3.39. The molecule has 2 aromatic carbocycles. The molecular weight excluding hydrogens is 456 g/mol. The van der Waals surface area contributed by atoms with Gasteiger partial charge in [0.05, 0.1) is 5.69 Å². The van der Waals surface area contributed by atoms with Crippen LogP contribution in [0.4, 0.5) is 5.69 Å². The predicted octanol–water partition coefficient (Wildman–Crippen LogP) is 5.63. The van der Waals surface area contributed by atoms with Crippen molar-refractivity contribution in [1.82, 2.24) is 5.48 Å². The summed E-state index contributed by atoms with van der Waals surface area (Å²) in [6, 6.07) is 19.4. The van der Waals surface area contributed by atoms with E-state index in [1.54, 1.807) is 23.0 Å². The molecule has 6 nitrogen and oxygen atoms in total. The summed E-state index contributed by atoms with van der Waals surface area (Å²) in [7, 11) is -3.65. The molecule has 0 saturated carbocycles. The Bertz CT molecular complexity index is 1110. The van der Waals surface area contributed by atoms with E-state index in [9.17, 15) is 13.2 Å². The van der Waals surface area contributed by atoms with Crippen LogP contribution in [0.5, 0.6) is 0 Å². The average molecular weight is 487 g/mol. The molecule has 0 unspecified atom stereocenters. The first-order chi connectivity index (χ1) is 16.0. The molecule has 0 radical (unpaired) electrons. The minimum Gasteiger partial charge on any atom is -0.289 e. The first-order valence-electron chi connectivity index (χ1n) is 11.1. The van der Waals surface area contributed by atoms with Crippen LogP contribution in [0.3, 0.4) is 0 Å². The molecule has 0 spiro atoms. The zero-order valence-corrected chi connectivity index (χ0v) is 20.4. The standard InChI is InChI=1S/C25H30N2O4S2/c1-2-20-10-12-21(13-11-20)22-14-16-23(17-15-22)27(33(30,31)25-9-7-19-32-25)18-6-4-3-5-8-24(28)26-29/h7,9-17,19,29H,2-6,8,18H2,1H3,(H,26,28). The maximum atomic E-state index is 13.3. The van der Waals surface area contributed by atoms with Crippen LogP contribution in [0, 0.1) is 0 Å². The van der Waals surface area contributed by atoms with Gasteiger partial charge in [-0.3, -0.25) is 14.3 Å². The summed E-state index contributed by atoms with van der Waals surface area (Å²) in [5, 5.41) is 10.3. The van der Waals surface area contributed by atoms with Gasteiger partial charge in [0, 0.05) is 13.0 Å². The molecule has 0 saturated heterocycles. The van der Waals surface area contributed by atoms with Crippen molar-refractivity contribution in [3.8, 4) is 11.1 Å². The topological polar surface area (TPSA) is 86.7 Å². The summed E-state index contributed by atoms with van der Waals surface area (Å²) in [6.45, 7) is 2.48. The lowest BCUT2D eigenvalue weighted by Gasteiger charge is -2.24. The molecule has 3 rings (SSSR count). The third-order valence-corrected chi connectivity index (χ3v) is 8.73. The molecule has 0 bridgehead atoms. The number of aryl methyl sites for hydroxylation is 1.